The molecule has 0 bridgehead atoms. The topological polar surface area (TPSA) is 77.0 Å². The molecule has 2 aromatic rings. The van der Waals surface area contributed by atoms with Crippen molar-refractivity contribution < 1.29 is 24.1 Å². The summed E-state index contributed by atoms with van der Waals surface area (Å²) in [7, 11) is 1.57. The van der Waals surface area contributed by atoms with Gasteiger partial charge in [-0.2, -0.15) is 0 Å². The fourth-order valence-corrected chi connectivity index (χ4v) is 2.46. The molecule has 0 spiro atoms. The maximum absolute atomic E-state index is 12.1. The number of carbonyl (C=O) groups excluding carboxylic acids is 1. The molecule has 27 heavy (non-hydrogen) atoms. The molecule has 0 heterocycles. The van der Waals surface area contributed by atoms with Crippen molar-refractivity contribution in [2.24, 2.45) is 0 Å². The first-order valence-corrected chi connectivity index (χ1v) is 8.99. The van der Waals surface area contributed by atoms with Crippen molar-refractivity contribution in [3.8, 4) is 17.2 Å². The molecule has 0 aliphatic heterocycles. The molecule has 0 saturated carbocycles. The van der Waals surface area contributed by atoms with E-state index >= 15 is 0 Å². The second kappa shape index (κ2) is 10.3. The van der Waals surface area contributed by atoms with Crippen LogP contribution in [0.3, 0.4) is 0 Å². The molecule has 2 N–H and O–H groups in total. The summed E-state index contributed by atoms with van der Waals surface area (Å²) in [6.07, 6.45) is -1.65. The first-order chi connectivity index (χ1) is 12.9. The molecule has 0 aliphatic rings. The van der Waals surface area contributed by atoms with E-state index in [0.717, 1.165) is 0 Å². The largest absolute Gasteiger partial charge is 0.497 e. The van der Waals surface area contributed by atoms with E-state index in [9.17, 15) is 9.90 Å². The van der Waals surface area contributed by atoms with Gasteiger partial charge in [0.2, 0.25) is 0 Å². The van der Waals surface area contributed by atoms with Gasteiger partial charge in [0.15, 0.2) is 6.10 Å². The molecule has 8 heteroatoms. The SMILES string of the molecule is COc1ccc(OC(C)C(=O)NCC(O)COc2cccc(Cl)c2Cl)cc1. The summed E-state index contributed by atoms with van der Waals surface area (Å²) < 4.78 is 16.0. The highest BCUT2D eigenvalue weighted by atomic mass is 35.5. The lowest BCUT2D eigenvalue weighted by Crippen LogP contribution is -2.41. The number of nitrogens with one attached hydrogen (secondary N) is 1. The minimum atomic E-state index is -0.919. The maximum Gasteiger partial charge on any atom is 0.260 e. The molecule has 2 atom stereocenters. The predicted molar refractivity (Wildman–Crippen MR) is 104 cm³/mol. The highest BCUT2D eigenvalue weighted by Gasteiger charge is 2.16. The van der Waals surface area contributed by atoms with Gasteiger partial charge in [0, 0.05) is 6.54 Å². The lowest BCUT2D eigenvalue weighted by molar-refractivity contribution is -0.127. The van der Waals surface area contributed by atoms with Crippen molar-refractivity contribution in [1.82, 2.24) is 5.32 Å². The zero-order chi connectivity index (χ0) is 19.8. The van der Waals surface area contributed by atoms with E-state index in [1.807, 2.05) is 0 Å². The Morgan fingerprint density at radius 3 is 2.48 bits per heavy atom. The molecular weight excluding hydrogens is 393 g/mol. The van der Waals surface area contributed by atoms with E-state index in [1.165, 1.54) is 0 Å². The summed E-state index contributed by atoms with van der Waals surface area (Å²) in [4.78, 5) is 12.1. The first-order valence-electron chi connectivity index (χ1n) is 8.24. The zero-order valence-electron chi connectivity index (χ0n) is 14.9. The molecule has 0 fully saturated rings. The van der Waals surface area contributed by atoms with Crippen LogP contribution in [0.1, 0.15) is 6.92 Å². The van der Waals surface area contributed by atoms with Gasteiger partial charge in [0.05, 0.1) is 12.1 Å². The average Bonchev–Trinajstić information content (AvgIpc) is 2.67. The van der Waals surface area contributed by atoms with Crippen molar-refractivity contribution in [1.29, 1.82) is 0 Å². The van der Waals surface area contributed by atoms with Crippen molar-refractivity contribution in [2.45, 2.75) is 19.1 Å². The minimum absolute atomic E-state index is 0.00727. The molecule has 2 rings (SSSR count). The molecule has 1 amide bonds. The third kappa shape index (κ3) is 6.50. The number of methoxy groups -OCH3 is 1. The second-order valence-corrected chi connectivity index (χ2v) is 6.48. The number of benzene rings is 2. The number of aliphatic hydroxyl groups is 1. The normalized spacial score (nSPS) is 12.8. The number of carbonyl (C=O) groups is 1. The van der Waals surface area contributed by atoms with Gasteiger partial charge in [-0.05, 0) is 43.3 Å². The van der Waals surface area contributed by atoms with Gasteiger partial charge in [0.25, 0.3) is 5.91 Å². The Hall–Kier alpha value is -2.15. The molecule has 146 valence electrons. The van der Waals surface area contributed by atoms with E-state index in [0.29, 0.717) is 22.3 Å². The van der Waals surface area contributed by atoms with Crippen molar-refractivity contribution in [3.05, 3.63) is 52.5 Å². The van der Waals surface area contributed by atoms with E-state index in [1.54, 1.807) is 56.5 Å². The fraction of sp³-hybridized carbons (Fsp3) is 0.316. The van der Waals surface area contributed by atoms with Crippen LogP contribution in [0.25, 0.3) is 0 Å². The van der Waals surface area contributed by atoms with Gasteiger partial charge in [0.1, 0.15) is 35.0 Å². The number of hydrogen-bond donors (Lipinski definition) is 2. The zero-order valence-corrected chi connectivity index (χ0v) is 16.5. The van der Waals surface area contributed by atoms with Crippen LogP contribution in [-0.2, 0) is 4.79 Å². The Balaban J connectivity index is 1.75. The van der Waals surface area contributed by atoms with Crippen molar-refractivity contribution in [3.63, 3.8) is 0 Å². The van der Waals surface area contributed by atoms with Crippen LogP contribution in [0.2, 0.25) is 10.0 Å². The highest BCUT2D eigenvalue weighted by molar-refractivity contribution is 6.42. The second-order valence-electron chi connectivity index (χ2n) is 5.70. The van der Waals surface area contributed by atoms with Gasteiger partial charge in [-0.25, -0.2) is 0 Å². The lowest BCUT2D eigenvalue weighted by atomic mass is 10.3. The first kappa shape index (κ1) is 21.2. The molecule has 0 saturated heterocycles. The van der Waals surface area contributed by atoms with Crippen LogP contribution in [0.5, 0.6) is 17.2 Å². The Kier molecular flexibility index (Phi) is 8.03. The van der Waals surface area contributed by atoms with Gasteiger partial charge in [-0.15, -0.1) is 0 Å². The van der Waals surface area contributed by atoms with E-state index < -0.39 is 12.2 Å². The number of hydrogen-bond acceptors (Lipinski definition) is 5. The maximum atomic E-state index is 12.1. The minimum Gasteiger partial charge on any atom is -0.497 e. The van der Waals surface area contributed by atoms with Crippen LogP contribution in [0.4, 0.5) is 0 Å². The predicted octanol–water partition coefficient (Wildman–Crippen LogP) is 3.33. The summed E-state index contributed by atoms with van der Waals surface area (Å²) in [5, 5.41) is 13.2. The monoisotopic (exact) mass is 413 g/mol. The number of aliphatic hydroxyl groups excluding tert-OH is 1. The van der Waals surface area contributed by atoms with Crippen LogP contribution in [-0.4, -0.2) is 43.5 Å². The summed E-state index contributed by atoms with van der Waals surface area (Å²) >= 11 is 11.9. The van der Waals surface area contributed by atoms with Crippen LogP contribution in [0, 0.1) is 0 Å². The molecule has 0 radical (unpaired) electrons. The Labute approximate surface area is 167 Å². The fourth-order valence-electron chi connectivity index (χ4n) is 2.11. The molecular formula is C19H21Cl2NO5. The number of rotatable bonds is 9. The smallest absolute Gasteiger partial charge is 0.260 e. The molecule has 6 nitrogen and oxygen atoms in total. The molecule has 2 unspecified atom stereocenters. The lowest BCUT2D eigenvalue weighted by Gasteiger charge is -2.17. The van der Waals surface area contributed by atoms with E-state index in [2.05, 4.69) is 5.32 Å². The van der Waals surface area contributed by atoms with Gasteiger partial charge in [-0.1, -0.05) is 29.3 Å². The molecule has 2 aromatic carbocycles. The summed E-state index contributed by atoms with van der Waals surface area (Å²) in [5.74, 6) is 1.25. The summed E-state index contributed by atoms with van der Waals surface area (Å²) in [5.41, 5.74) is 0. The third-order valence-electron chi connectivity index (χ3n) is 3.60. The quantitative estimate of drug-likeness (QED) is 0.659. The van der Waals surface area contributed by atoms with Crippen LogP contribution < -0.4 is 19.5 Å². The third-order valence-corrected chi connectivity index (χ3v) is 4.40. The van der Waals surface area contributed by atoms with Crippen LogP contribution >= 0.6 is 23.2 Å². The Morgan fingerprint density at radius 2 is 1.81 bits per heavy atom. The van der Waals surface area contributed by atoms with Gasteiger partial charge in [-0.3, -0.25) is 4.79 Å². The van der Waals surface area contributed by atoms with Gasteiger partial charge >= 0.3 is 0 Å². The Bertz CT molecular complexity index is 754. The van der Waals surface area contributed by atoms with E-state index in [4.69, 9.17) is 37.4 Å². The number of ether oxygens (including phenoxy) is 3. The molecule has 0 aliphatic carbocycles. The standard InChI is InChI=1S/C19H21Cl2NO5/c1-12(27-15-8-6-14(25-2)7-9-15)19(24)22-10-13(23)11-26-17-5-3-4-16(20)18(17)21/h3-9,12-13,23H,10-11H2,1-2H3,(H,22,24). The summed E-state index contributed by atoms with van der Waals surface area (Å²) in [6.45, 7) is 1.58. The summed E-state index contributed by atoms with van der Waals surface area (Å²) in [6, 6.07) is 11.9. The van der Waals surface area contributed by atoms with Crippen LogP contribution in [0.15, 0.2) is 42.5 Å². The highest BCUT2D eigenvalue weighted by Crippen LogP contribution is 2.31. The average molecular weight is 414 g/mol. The van der Waals surface area contributed by atoms with Crippen molar-refractivity contribution in [2.75, 3.05) is 20.3 Å². The van der Waals surface area contributed by atoms with Gasteiger partial charge < -0.3 is 24.6 Å². The van der Waals surface area contributed by atoms with Crippen molar-refractivity contribution >= 4 is 29.1 Å². The Morgan fingerprint density at radius 1 is 1.15 bits per heavy atom. The number of halogens is 2. The number of amides is 1. The molecule has 0 aromatic heterocycles. The van der Waals surface area contributed by atoms with E-state index in [-0.39, 0.29) is 24.1 Å².